The van der Waals surface area contributed by atoms with E-state index in [9.17, 15) is 0 Å². The molecule has 0 N–H and O–H groups in total. The van der Waals surface area contributed by atoms with Crippen LogP contribution in [-0.4, -0.2) is 21.1 Å². The number of fused-ring (bicyclic) bond motifs is 1. The average Bonchev–Trinajstić information content (AvgIpc) is 2.87. The summed E-state index contributed by atoms with van der Waals surface area (Å²) in [5.74, 6) is 0.580. The van der Waals surface area contributed by atoms with Crippen molar-refractivity contribution < 1.29 is 0 Å². The Bertz CT molecular complexity index is 681. The van der Waals surface area contributed by atoms with Crippen molar-refractivity contribution in [2.75, 3.05) is 5.88 Å². The Morgan fingerprint density at radius 1 is 1.17 bits per heavy atom. The largest absolute Gasteiger partial charge is 0.256 e. The molecule has 0 saturated heterocycles. The van der Waals surface area contributed by atoms with Gasteiger partial charge >= 0.3 is 0 Å². The third-order valence-electron chi connectivity index (χ3n) is 2.63. The highest BCUT2D eigenvalue weighted by Crippen LogP contribution is 2.26. The Morgan fingerprint density at radius 3 is 3.00 bits per heavy atom. The number of pyridine rings is 1. The minimum atomic E-state index is 0.580. The summed E-state index contributed by atoms with van der Waals surface area (Å²) < 4.78 is 0. The Labute approximate surface area is 113 Å². The second-order valence-electron chi connectivity index (χ2n) is 3.85. The van der Waals surface area contributed by atoms with Crippen LogP contribution in [0.1, 0.15) is 5.01 Å². The van der Waals surface area contributed by atoms with Crippen LogP contribution in [0.3, 0.4) is 0 Å². The number of nitrogens with zero attached hydrogens (tertiary/aromatic N) is 3. The van der Waals surface area contributed by atoms with Crippen LogP contribution in [0.15, 0.2) is 36.5 Å². The summed E-state index contributed by atoms with van der Waals surface area (Å²) in [6, 6.07) is 10.1. The molecule has 18 heavy (non-hydrogen) atoms. The van der Waals surface area contributed by atoms with Gasteiger partial charge in [0.15, 0.2) is 0 Å². The molecule has 2 heterocycles. The zero-order chi connectivity index (χ0) is 12.4. The molecule has 0 saturated carbocycles. The van der Waals surface area contributed by atoms with Crippen LogP contribution < -0.4 is 0 Å². The van der Waals surface area contributed by atoms with E-state index in [-0.39, 0.29) is 0 Å². The van der Waals surface area contributed by atoms with Gasteiger partial charge in [-0.3, -0.25) is 4.98 Å². The lowest BCUT2D eigenvalue weighted by Gasteiger charge is -1.98. The van der Waals surface area contributed by atoms with Crippen molar-refractivity contribution in [3.05, 3.63) is 41.5 Å². The van der Waals surface area contributed by atoms with Gasteiger partial charge in [0.05, 0.1) is 5.52 Å². The lowest BCUT2D eigenvalue weighted by Crippen LogP contribution is -1.83. The van der Waals surface area contributed by atoms with Gasteiger partial charge in [-0.25, -0.2) is 0 Å². The third-order valence-corrected chi connectivity index (χ3v) is 3.85. The molecule has 0 aliphatic carbocycles. The molecule has 5 heteroatoms. The summed E-state index contributed by atoms with van der Waals surface area (Å²) in [5, 5.41) is 11.4. The summed E-state index contributed by atoms with van der Waals surface area (Å²) in [4.78, 5) is 4.30. The van der Waals surface area contributed by atoms with Gasteiger partial charge in [-0.05, 0) is 24.3 Å². The van der Waals surface area contributed by atoms with E-state index in [1.165, 1.54) is 0 Å². The number of alkyl halides is 1. The first-order valence-electron chi connectivity index (χ1n) is 5.60. The maximum absolute atomic E-state index is 5.70. The fraction of sp³-hybridized carbons (Fsp3) is 0.154. The van der Waals surface area contributed by atoms with Crippen molar-refractivity contribution in [1.82, 2.24) is 15.2 Å². The highest BCUT2D eigenvalue weighted by molar-refractivity contribution is 7.14. The molecule has 3 aromatic rings. The summed E-state index contributed by atoms with van der Waals surface area (Å²) >= 11 is 7.29. The monoisotopic (exact) mass is 275 g/mol. The van der Waals surface area contributed by atoms with Crippen LogP contribution in [0.2, 0.25) is 0 Å². The second-order valence-corrected chi connectivity index (χ2v) is 5.29. The molecule has 0 unspecified atom stereocenters. The van der Waals surface area contributed by atoms with E-state index in [1.54, 1.807) is 17.5 Å². The Balaban J connectivity index is 2.02. The molecular weight excluding hydrogens is 266 g/mol. The Kier molecular flexibility index (Phi) is 3.21. The number of hydrogen-bond acceptors (Lipinski definition) is 4. The van der Waals surface area contributed by atoms with E-state index >= 15 is 0 Å². The van der Waals surface area contributed by atoms with E-state index < -0.39 is 0 Å². The molecule has 2 aromatic heterocycles. The van der Waals surface area contributed by atoms with Gasteiger partial charge in [-0.2, -0.15) is 0 Å². The van der Waals surface area contributed by atoms with E-state index in [0.717, 1.165) is 32.9 Å². The van der Waals surface area contributed by atoms with Crippen molar-refractivity contribution in [2.24, 2.45) is 0 Å². The molecule has 0 atom stereocenters. The minimum absolute atomic E-state index is 0.580. The van der Waals surface area contributed by atoms with Gasteiger partial charge in [0.1, 0.15) is 10.0 Å². The first-order valence-corrected chi connectivity index (χ1v) is 6.95. The van der Waals surface area contributed by atoms with E-state index in [1.807, 2.05) is 24.3 Å². The van der Waals surface area contributed by atoms with Crippen molar-refractivity contribution in [3.63, 3.8) is 0 Å². The lowest BCUT2D eigenvalue weighted by molar-refractivity contribution is 0.990. The van der Waals surface area contributed by atoms with Crippen LogP contribution in [0.25, 0.3) is 21.5 Å². The van der Waals surface area contributed by atoms with Crippen molar-refractivity contribution in [3.8, 4) is 10.6 Å². The normalized spacial score (nSPS) is 10.9. The molecule has 3 nitrogen and oxygen atoms in total. The predicted molar refractivity (Wildman–Crippen MR) is 75.1 cm³/mol. The molecule has 1 aromatic carbocycles. The first-order chi connectivity index (χ1) is 8.86. The molecule has 0 spiro atoms. The third kappa shape index (κ3) is 2.21. The van der Waals surface area contributed by atoms with Gasteiger partial charge in [-0.1, -0.05) is 17.4 Å². The number of aromatic nitrogens is 3. The molecular formula is C13H10ClN3S. The minimum Gasteiger partial charge on any atom is -0.256 e. The molecule has 0 amide bonds. The zero-order valence-corrected chi connectivity index (χ0v) is 11.1. The molecule has 3 rings (SSSR count). The van der Waals surface area contributed by atoms with Crippen LogP contribution in [-0.2, 0) is 6.42 Å². The van der Waals surface area contributed by atoms with Gasteiger partial charge in [0, 0.05) is 29.4 Å². The predicted octanol–water partition coefficient (Wildman–Crippen LogP) is 3.53. The molecule has 90 valence electrons. The zero-order valence-electron chi connectivity index (χ0n) is 9.51. The summed E-state index contributed by atoms with van der Waals surface area (Å²) in [6.07, 6.45) is 2.57. The molecule has 0 fully saturated rings. The van der Waals surface area contributed by atoms with E-state index in [0.29, 0.717) is 5.88 Å². The topological polar surface area (TPSA) is 38.7 Å². The molecule has 0 radical (unpaired) electrons. The summed E-state index contributed by atoms with van der Waals surface area (Å²) in [6.45, 7) is 0. The average molecular weight is 276 g/mol. The van der Waals surface area contributed by atoms with E-state index in [4.69, 9.17) is 11.6 Å². The van der Waals surface area contributed by atoms with Crippen LogP contribution in [0.4, 0.5) is 0 Å². The Hall–Kier alpha value is -1.52. The van der Waals surface area contributed by atoms with Gasteiger partial charge in [0.25, 0.3) is 0 Å². The molecule has 0 aliphatic rings. The quantitative estimate of drug-likeness (QED) is 0.686. The van der Waals surface area contributed by atoms with Crippen molar-refractivity contribution in [1.29, 1.82) is 0 Å². The van der Waals surface area contributed by atoms with Crippen LogP contribution in [0.5, 0.6) is 0 Å². The molecule has 0 bridgehead atoms. The number of aryl methyl sites for hydroxylation is 1. The standard InChI is InChI=1S/C13H10ClN3S/c14-6-5-12-16-17-13(18-12)10-3-4-11-9(8-10)2-1-7-15-11/h1-4,7-8H,5-6H2. The number of rotatable bonds is 3. The van der Waals surface area contributed by atoms with Gasteiger partial charge in [-0.15, -0.1) is 21.8 Å². The number of benzene rings is 1. The van der Waals surface area contributed by atoms with Crippen LogP contribution >= 0.6 is 22.9 Å². The summed E-state index contributed by atoms with van der Waals surface area (Å²) in [7, 11) is 0. The van der Waals surface area contributed by atoms with Crippen molar-refractivity contribution in [2.45, 2.75) is 6.42 Å². The smallest absolute Gasteiger partial charge is 0.147 e. The SMILES string of the molecule is ClCCc1nnc(-c2ccc3ncccc3c2)s1. The van der Waals surface area contributed by atoms with Gasteiger partial charge < -0.3 is 0 Å². The fourth-order valence-corrected chi connectivity index (χ4v) is 2.89. The first kappa shape index (κ1) is 11.6. The highest BCUT2D eigenvalue weighted by atomic mass is 35.5. The number of halogens is 1. The lowest BCUT2D eigenvalue weighted by atomic mass is 10.1. The maximum atomic E-state index is 5.70. The highest BCUT2D eigenvalue weighted by Gasteiger charge is 2.07. The maximum Gasteiger partial charge on any atom is 0.147 e. The summed E-state index contributed by atoms with van der Waals surface area (Å²) in [5.41, 5.74) is 2.07. The Morgan fingerprint density at radius 2 is 2.11 bits per heavy atom. The number of hydrogen-bond donors (Lipinski definition) is 0. The van der Waals surface area contributed by atoms with E-state index in [2.05, 4.69) is 21.2 Å². The van der Waals surface area contributed by atoms with Crippen LogP contribution in [0, 0.1) is 0 Å². The van der Waals surface area contributed by atoms with Crippen molar-refractivity contribution >= 4 is 33.8 Å². The second kappa shape index (κ2) is 5.00. The fourth-order valence-electron chi connectivity index (χ4n) is 1.76. The molecule has 0 aliphatic heterocycles. The van der Waals surface area contributed by atoms with Gasteiger partial charge in [0.2, 0.25) is 0 Å².